The minimum absolute atomic E-state index is 0.0956. The van der Waals surface area contributed by atoms with Crippen molar-refractivity contribution in [1.82, 2.24) is 10.3 Å². The Morgan fingerprint density at radius 3 is 2.46 bits per heavy atom. The molecule has 1 heterocycles. The SMILES string of the molecule is O=C(NCCc1c[nH]c2ccc(Cl)cc12)c1cccc(-c2cccc(Cl)c2)c1. The summed E-state index contributed by atoms with van der Waals surface area (Å²) in [6, 6.07) is 20.9. The lowest BCUT2D eigenvalue weighted by Gasteiger charge is -2.08. The first-order chi connectivity index (χ1) is 13.6. The van der Waals surface area contributed by atoms with Crippen LogP contribution in [0.1, 0.15) is 15.9 Å². The van der Waals surface area contributed by atoms with E-state index in [1.54, 1.807) is 0 Å². The summed E-state index contributed by atoms with van der Waals surface area (Å²) in [6.07, 6.45) is 2.69. The lowest BCUT2D eigenvalue weighted by Crippen LogP contribution is -2.25. The van der Waals surface area contributed by atoms with Gasteiger partial charge in [-0.25, -0.2) is 0 Å². The summed E-state index contributed by atoms with van der Waals surface area (Å²) in [7, 11) is 0. The number of fused-ring (bicyclic) bond motifs is 1. The minimum Gasteiger partial charge on any atom is -0.361 e. The molecule has 0 radical (unpaired) electrons. The molecular weight excluding hydrogens is 391 g/mol. The van der Waals surface area contributed by atoms with E-state index < -0.39 is 0 Å². The maximum Gasteiger partial charge on any atom is 0.251 e. The summed E-state index contributed by atoms with van der Waals surface area (Å²) in [5, 5.41) is 5.46. The van der Waals surface area contributed by atoms with Crippen LogP contribution < -0.4 is 5.32 Å². The fourth-order valence-corrected chi connectivity index (χ4v) is 3.64. The van der Waals surface area contributed by atoms with Crippen molar-refractivity contribution in [2.24, 2.45) is 0 Å². The third-order valence-corrected chi connectivity index (χ3v) is 5.16. The van der Waals surface area contributed by atoms with Gasteiger partial charge in [0.05, 0.1) is 0 Å². The predicted molar refractivity (Wildman–Crippen MR) is 116 cm³/mol. The predicted octanol–water partition coefficient (Wildman–Crippen LogP) is 6.11. The molecule has 0 spiro atoms. The van der Waals surface area contributed by atoms with E-state index in [4.69, 9.17) is 23.2 Å². The zero-order valence-corrected chi connectivity index (χ0v) is 16.5. The number of carbonyl (C=O) groups is 1. The molecule has 2 N–H and O–H groups in total. The lowest BCUT2D eigenvalue weighted by molar-refractivity contribution is 0.0954. The van der Waals surface area contributed by atoms with Gasteiger partial charge in [-0.1, -0.05) is 47.5 Å². The summed E-state index contributed by atoms with van der Waals surface area (Å²) in [5.74, 6) is -0.0956. The molecule has 0 saturated carbocycles. The van der Waals surface area contributed by atoms with Crippen LogP contribution in [0, 0.1) is 0 Å². The molecule has 4 rings (SSSR count). The maximum absolute atomic E-state index is 12.6. The van der Waals surface area contributed by atoms with Crippen molar-refractivity contribution in [2.75, 3.05) is 6.54 Å². The van der Waals surface area contributed by atoms with Crippen molar-refractivity contribution in [3.63, 3.8) is 0 Å². The first kappa shape index (κ1) is 18.6. The Labute approximate surface area is 173 Å². The largest absolute Gasteiger partial charge is 0.361 e. The average Bonchev–Trinajstić information content (AvgIpc) is 3.10. The zero-order chi connectivity index (χ0) is 19.5. The summed E-state index contributed by atoms with van der Waals surface area (Å²) in [5.41, 5.74) is 4.74. The van der Waals surface area contributed by atoms with Gasteiger partial charge in [0.25, 0.3) is 5.91 Å². The Bertz CT molecular complexity index is 1150. The number of H-pyrrole nitrogens is 1. The molecule has 0 saturated heterocycles. The van der Waals surface area contributed by atoms with Crippen LogP contribution in [0.5, 0.6) is 0 Å². The van der Waals surface area contributed by atoms with Crippen LogP contribution in [0.25, 0.3) is 22.0 Å². The Balaban J connectivity index is 1.44. The van der Waals surface area contributed by atoms with Gasteiger partial charge in [0.15, 0.2) is 0 Å². The molecule has 0 aliphatic carbocycles. The van der Waals surface area contributed by atoms with Crippen LogP contribution in [0.15, 0.2) is 72.9 Å². The van der Waals surface area contributed by atoms with Gasteiger partial charge >= 0.3 is 0 Å². The third kappa shape index (κ3) is 4.06. The second-order valence-electron chi connectivity index (χ2n) is 6.60. The van der Waals surface area contributed by atoms with Gasteiger partial charge in [-0.15, -0.1) is 0 Å². The Morgan fingerprint density at radius 2 is 1.64 bits per heavy atom. The Hall–Kier alpha value is -2.75. The second-order valence-corrected chi connectivity index (χ2v) is 7.47. The molecule has 0 atom stereocenters. The van der Waals surface area contributed by atoms with Crippen LogP contribution in [-0.2, 0) is 6.42 Å². The van der Waals surface area contributed by atoms with Crippen molar-refractivity contribution in [3.8, 4) is 11.1 Å². The van der Waals surface area contributed by atoms with E-state index in [1.807, 2.05) is 72.9 Å². The molecule has 0 unspecified atom stereocenters. The third-order valence-electron chi connectivity index (χ3n) is 4.69. The monoisotopic (exact) mass is 408 g/mol. The number of rotatable bonds is 5. The molecule has 28 heavy (non-hydrogen) atoms. The summed E-state index contributed by atoms with van der Waals surface area (Å²) in [4.78, 5) is 15.8. The molecule has 1 amide bonds. The van der Waals surface area contributed by atoms with Crippen LogP contribution in [0.3, 0.4) is 0 Å². The highest BCUT2D eigenvalue weighted by Gasteiger charge is 2.09. The molecule has 3 aromatic carbocycles. The van der Waals surface area contributed by atoms with E-state index in [1.165, 1.54) is 0 Å². The number of hydrogen-bond donors (Lipinski definition) is 2. The average molecular weight is 409 g/mol. The molecule has 0 aliphatic rings. The maximum atomic E-state index is 12.6. The van der Waals surface area contributed by atoms with Crippen LogP contribution in [0.2, 0.25) is 10.0 Å². The van der Waals surface area contributed by atoms with Gasteiger partial charge in [-0.05, 0) is 65.6 Å². The summed E-state index contributed by atoms with van der Waals surface area (Å²) in [6.45, 7) is 0.541. The number of hydrogen-bond acceptors (Lipinski definition) is 1. The van der Waals surface area contributed by atoms with E-state index in [2.05, 4.69) is 10.3 Å². The van der Waals surface area contributed by atoms with E-state index in [-0.39, 0.29) is 5.91 Å². The van der Waals surface area contributed by atoms with E-state index in [9.17, 15) is 4.79 Å². The Morgan fingerprint density at radius 1 is 0.893 bits per heavy atom. The lowest BCUT2D eigenvalue weighted by atomic mass is 10.0. The number of nitrogens with one attached hydrogen (secondary N) is 2. The highest BCUT2D eigenvalue weighted by atomic mass is 35.5. The summed E-state index contributed by atoms with van der Waals surface area (Å²) >= 11 is 12.2. The normalized spacial score (nSPS) is 10.9. The van der Waals surface area contributed by atoms with Crippen molar-refractivity contribution >= 4 is 40.0 Å². The van der Waals surface area contributed by atoms with Gasteiger partial charge in [0.1, 0.15) is 0 Å². The number of carbonyl (C=O) groups excluding carboxylic acids is 1. The van der Waals surface area contributed by atoms with Crippen LogP contribution in [0.4, 0.5) is 0 Å². The van der Waals surface area contributed by atoms with Gasteiger partial charge in [0.2, 0.25) is 0 Å². The first-order valence-electron chi connectivity index (χ1n) is 9.00. The molecule has 0 aliphatic heterocycles. The standard InChI is InChI=1S/C23H18Cl2N2O/c24-19-6-2-4-16(12-19)15-3-1-5-17(11-15)23(28)26-10-9-18-14-27-22-8-7-20(25)13-21(18)22/h1-8,11-14,27H,9-10H2,(H,26,28). The highest BCUT2D eigenvalue weighted by molar-refractivity contribution is 6.31. The van der Waals surface area contributed by atoms with E-state index in [0.717, 1.165) is 34.0 Å². The number of benzene rings is 3. The van der Waals surface area contributed by atoms with Crippen molar-refractivity contribution in [3.05, 3.63) is 94.1 Å². The van der Waals surface area contributed by atoms with Crippen LogP contribution in [-0.4, -0.2) is 17.4 Å². The molecule has 1 aromatic heterocycles. The summed E-state index contributed by atoms with van der Waals surface area (Å²) < 4.78 is 0. The second kappa shape index (κ2) is 8.09. The molecule has 0 bridgehead atoms. The quantitative estimate of drug-likeness (QED) is 0.410. The first-order valence-corrected chi connectivity index (χ1v) is 9.75. The van der Waals surface area contributed by atoms with Gasteiger partial charge in [-0.2, -0.15) is 0 Å². The van der Waals surface area contributed by atoms with E-state index >= 15 is 0 Å². The minimum atomic E-state index is -0.0956. The number of halogens is 2. The zero-order valence-electron chi connectivity index (χ0n) is 15.0. The van der Waals surface area contributed by atoms with Crippen molar-refractivity contribution in [1.29, 1.82) is 0 Å². The molecule has 140 valence electrons. The number of aromatic amines is 1. The number of amides is 1. The Kier molecular flexibility index (Phi) is 5.38. The molecule has 0 fully saturated rings. The molecule has 5 heteroatoms. The fourth-order valence-electron chi connectivity index (χ4n) is 3.28. The van der Waals surface area contributed by atoms with Crippen LogP contribution >= 0.6 is 23.2 Å². The van der Waals surface area contributed by atoms with Crippen molar-refractivity contribution < 1.29 is 4.79 Å². The van der Waals surface area contributed by atoms with Gasteiger partial charge < -0.3 is 10.3 Å². The molecular formula is C23H18Cl2N2O. The topological polar surface area (TPSA) is 44.9 Å². The van der Waals surface area contributed by atoms with Gasteiger partial charge in [0, 0.05) is 39.3 Å². The highest BCUT2D eigenvalue weighted by Crippen LogP contribution is 2.24. The smallest absolute Gasteiger partial charge is 0.251 e. The van der Waals surface area contributed by atoms with Gasteiger partial charge in [-0.3, -0.25) is 4.79 Å². The molecule has 3 nitrogen and oxygen atoms in total. The fraction of sp³-hybridized carbons (Fsp3) is 0.0870. The van der Waals surface area contributed by atoms with E-state index in [0.29, 0.717) is 22.2 Å². The van der Waals surface area contributed by atoms with Crippen molar-refractivity contribution in [2.45, 2.75) is 6.42 Å². The molecule has 4 aromatic rings. The number of aromatic nitrogens is 1.